The first-order valence-corrected chi connectivity index (χ1v) is 7.97. The van der Waals surface area contributed by atoms with Gasteiger partial charge in [0.1, 0.15) is 0 Å². The number of amides is 1. The molecule has 3 heterocycles. The maximum Gasteiger partial charge on any atom is 0.257 e. The predicted octanol–water partition coefficient (Wildman–Crippen LogP) is 1.93. The number of hydrogen-bond donors (Lipinski definition) is 1. The Morgan fingerprint density at radius 1 is 1.50 bits per heavy atom. The van der Waals surface area contributed by atoms with E-state index in [1.165, 1.54) is 11.8 Å². The number of aryl methyl sites for hydroxylation is 1. The van der Waals surface area contributed by atoms with Crippen LogP contribution >= 0.6 is 11.8 Å². The van der Waals surface area contributed by atoms with Crippen LogP contribution in [0.1, 0.15) is 23.7 Å². The highest BCUT2D eigenvalue weighted by molar-refractivity contribution is 7.99. The normalized spacial score (nSPS) is 16.4. The van der Waals surface area contributed by atoms with E-state index in [9.17, 15) is 9.59 Å². The van der Waals surface area contributed by atoms with Crippen LogP contribution in [0.3, 0.4) is 0 Å². The molecule has 2 aromatic rings. The maximum absolute atomic E-state index is 12.4. The summed E-state index contributed by atoms with van der Waals surface area (Å²) in [6, 6.07) is 3.39. The van der Waals surface area contributed by atoms with Crippen molar-refractivity contribution < 1.29 is 4.79 Å². The summed E-state index contributed by atoms with van der Waals surface area (Å²) in [6.45, 7) is 3.61. The highest BCUT2D eigenvalue weighted by Gasteiger charge is 2.28. The quantitative estimate of drug-likeness (QED) is 0.876. The molecule has 0 saturated carbocycles. The van der Waals surface area contributed by atoms with Gasteiger partial charge in [0, 0.05) is 29.6 Å². The fourth-order valence-electron chi connectivity index (χ4n) is 2.39. The molecule has 1 aliphatic heterocycles. The van der Waals surface area contributed by atoms with E-state index in [0.717, 1.165) is 5.69 Å². The van der Waals surface area contributed by atoms with Crippen LogP contribution in [-0.2, 0) is 4.79 Å². The Labute approximate surface area is 132 Å². The van der Waals surface area contributed by atoms with Gasteiger partial charge in [0.2, 0.25) is 5.91 Å². The fraction of sp³-hybridized carbons (Fsp3) is 0.333. The second-order valence-corrected chi connectivity index (χ2v) is 6.23. The summed E-state index contributed by atoms with van der Waals surface area (Å²) in [5, 5.41) is 3.50. The van der Waals surface area contributed by atoms with Gasteiger partial charge in [-0.25, -0.2) is 4.98 Å². The zero-order valence-electron chi connectivity index (χ0n) is 12.4. The Bertz CT molecular complexity index is 773. The van der Waals surface area contributed by atoms with Gasteiger partial charge in [-0.1, -0.05) is 11.8 Å². The molecule has 0 bridgehead atoms. The number of rotatable bonds is 3. The summed E-state index contributed by atoms with van der Waals surface area (Å²) in [4.78, 5) is 33.0. The molecule has 114 valence electrons. The molecule has 1 atom stereocenters. The lowest BCUT2D eigenvalue weighted by molar-refractivity contribution is -0.116. The minimum absolute atomic E-state index is 0.0494. The van der Waals surface area contributed by atoms with Crippen molar-refractivity contribution in [2.24, 2.45) is 0 Å². The van der Waals surface area contributed by atoms with Crippen LogP contribution in [0.15, 0.2) is 34.5 Å². The summed E-state index contributed by atoms with van der Waals surface area (Å²) in [5.41, 5.74) is 2.00. The summed E-state index contributed by atoms with van der Waals surface area (Å²) in [7, 11) is 0. The van der Waals surface area contributed by atoms with Crippen molar-refractivity contribution in [3.8, 4) is 0 Å². The van der Waals surface area contributed by atoms with Crippen molar-refractivity contribution in [3.05, 3.63) is 46.1 Å². The molecule has 0 fully saturated rings. The Morgan fingerprint density at radius 2 is 2.32 bits per heavy atom. The first-order chi connectivity index (χ1) is 10.6. The average molecular weight is 316 g/mol. The third-order valence-electron chi connectivity index (χ3n) is 3.69. The van der Waals surface area contributed by atoms with Gasteiger partial charge >= 0.3 is 0 Å². The van der Waals surface area contributed by atoms with Crippen molar-refractivity contribution >= 4 is 23.4 Å². The Hall–Kier alpha value is -2.15. The number of nitrogens with zero attached hydrogens (tertiary/aromatic N) is 3. The van der Waals surface area contributed by atoms with Crippen LogP contribution in [0.25, 0.3) is 0 Å². The molecule has 1 amide bonds. The second-order valence-electron chi connectivity index (χ2n) is 5.24. The van der Waals surface area contributed by atoms with E-state index in [4.69, 9.17) is 0 Å². The summed E-state index contributed by atoms with van der Waals surface area (Å²) < 4.78 is 1.65. The molecular weight excluding hydrogens is 300 g/mol. The average Bonchev–Trinajstić information content (AvgIpc) is 2.88. The Balaban J connectivity index is 1.78. The molecule has 0 aromatic carbocycles. The van der Waals surface area contributed by atoms with Gasteiger partial charge in [0.05, 0.1) is 17.9 Å². The standard InChI is InChI=1S/C15H16N4O2S/c1-9-10(2)17-15-19(14(9)21)12(8-22-15)6-13(20)18-11-4-3-5-16-7-11/h3-5,7,12H,6,8H2,1-2H3,(H,18,20)/t12-/m1/s1. The number of anilines is 1. The molecule has 6 nitrogen and oxygen atoms in total. The third-order valence-corrected chi connectivity index (χ3v) is 4.79. The smallest absolute Gasteiger partial charge is 0.257 e. The zero-order chi connectivity index (χ0) is 15.7. The highest BCUT2D eigenvalue weighted by Crippen LogP contribution is 2.32. The molecule has 3 rings (SSSR count). The number of nitrogens with one attached hydrogen (secondary N) is 1. The topological polar surface area (TPSA) is 76.9 Å². The van der Waals surface area contributed by atoms with Crippen molar-refractivity contribution in [2.75, 3.05) is 11.1 Å². The monoisotopic (exact) mass is 316 g/mol. The van der Waals surface area contributed by atoms with Gasteiger partial charge in [0.25, 0.3) is 5.56 Å². The molecule has 0 saturated heterocycles. The molecule has 1 aliphatic rings. The minimum Gasteiger partial charge on any atom is -0.325 e. The lowest BCUT2D eigenvalue weighted by Gasteiger charge is -2.14. The van der Waals surface area contributed by atoms with Crippen molar-refractivity contribution in [2.45, 2.75) is 31.5 Å². The minimum atomic E-state index is -0.157. The SMILES string of the molecule is Cc1nc2n(c(=O)c1C)[C@H](CC(=O)Nc1cccnc1)CS2. The summed E-state index contributed by atoms with van der Waals surface area (Å²) >= 11 is 1.52. The predicted molar refractivity (Wildman–Crippen MR) is 85.2 cm³/mol. The van der Waals surface area contributed by atoms with Crippen molar-refractivity contribution in [3.63, 3.8) is 0 Å². The van der Waals surface area contributed by atoms with Crippen LogP contribution in [0.5, 0.6) is 0 Å². The summed E-state index contributed by atoms with van der Waals surface area (Å²) in [5.74, 6) is 0.558. The molecule has 0 unspecified atom stereocenters. The molecule has 1 N–H and O–H groups in total. The number of pyridine rings is 1. The first kappa shape index (κ1) is 14.8. The number of aromatic nitrogens is 3. The lowest BCUT2D eigenvalue weighted by Crippen LogP contribution is -2.29. The molecule has 7 heteroatoms. The number of fused-ring (bicyclic) bond motifs is 1. The number of carbonyl (C=O) groups is 1. The van der Waals surface area contributed by atoms with Gasteiger partial charge < -0.3 is 5.32 Å². The first-order valence-electron chi connectivity index (χ1n) is 6.98. The van der Waals surface area contributed by atoms with E-state index in [2.05, 4.69) is 15.3 Å². The number of thioether (sulfide) groups is 1. The fourth-order valence-corrected chi connectivity index (χ4v) is 3.57. The Morgan fingerprint density at radius 3 is 3.05 bits per heavy atom. The van der Waals surface area contributed by atoms with Crippen LogP contribution in [-0.4, -0.2) is 26.2 Å². The molecule has 0 aliphatic carbocycles. The van der Waals surface area contributed by atoms with Gasteiger partial charge in [-0.15, -0.1) is 0 Å². The van der Waals surface area contributed by atoms with E-state index in [1.807, 2.05) is 6.92 Å². The largest absolute Gasteiger partial charge is 0.325 e. The van der Waals surface area contributed by atoms with Gasteiger partial charge in [0.15, 0.2) is 5.16 Å². The molecular formula is C15H16N4O2S. The maximum atomic E-state index is 12.4. The van der Waals surface area contributed by atoms with E-state index in [-0.39, 0.29) is 23.9 Å². The van der Waals surface area contributed by atoms with Gasteiger partial charge in [-0.3, -0.25) is 19.1 Å². The Kier molecular flexibility index (Phi) is 3.98. The lowest BCUT2D eigenvalue weighted by atomic mass is 10.2. The van der Waals surface area contributed by atoms with Gasteiger partial charge in [-0.05, 0) is 26.0 Å². The molecule has 2 aromatic heterocycles. The van der Waals surface area contributed by atoms with E-state index >= 15 is 0 Å². The van der Waals surface area contributed by atoms with Gasteiger partial charge in [-0.2, -0.15) is 0 Å². The number of hydrogen-bond acceptors (Lipinski definition) is 5. The van der Waals surface area contributed by atoms with E-state index in [1.54, 1.807) is 36.0 Å². The molecule has 0 spiro atoms. The van der Waals surface area contributed by atoms with Crippen molar-refractivity contribution in [1.29, 1.82) is 0 Å². The van der Waals surface area contributed by atoms with Crippen LogP contribution < -0.4 is 10.9 Å². The second kappa shape index (κ2) is 5.92. The van der Waals surface area contributed by atoms with E-state index < -0.39 is 0 Å². The third kappa shape index (κ3) is 2.76. The van der Waals surface area contributed by atoms with Crippen LogP contribution in [0.2, 0.25) is 0 Å². The highest BCUT2D eigenvalue weighted by atomic mass is 32.2. The van der Waals surface area contributed by atoms with E-state index in [0.29, 0.717) is 22.2 Å². The van der Waals surface area contributed by atoms with Crippen LogP contribution in [0, 0.1) is 13.8 Å². The van der Waals surface area contributed by atoms with Crippen molar-refractivity contribution in [1.82, 2.24) is 14.5 Å². The molecule has 0 radical (unpaired) electrons. The summed E-state index contributed by atoms with van der Waals surface area (Å²) in [6.07, 6.45) is 3.49. The number of carbonyl (C=O) groups excluding carboxylic acids is 1. The zero-order valence-corrected chi connectivity index (χ0v) is 13.2. The molecule has 22 heavy (non-hydrogen) atoms. The van der Waals surface area contributed by atoms with Crippen LogP contribution in [0.4, 0.5) is 5.69 Å².